The maximum atomic E-state index is 12.0. The van der Waals surface area contributed by atoms with Crippen LogP contribution in [0.4, 0.5) is 5.69 Å². The SMILES string of the molecule is Cc1cc(C)cc(CCC[C@H](N)C(=O)Nc2ccccc2)c1. The van der Waals surface area contributed by atoms with Gasteiger partial charge < -0.3 is 11.1 Å². The molecule has 0 spiro atoms. The number of hydrogen-bond acceptors (Lipinski definition) is 2. The Hall–Kier alpha value is -2.13. The third-order valence-electron chi connectivity index (χ3n) is 3.64. The minimum absolute atomic E-state index is 0.119. The Kier molecular flexibility index (Phi) is 5.73. The molecule has 116 valence electrons. The highest BCUT2D eigenvalue weighted by atomic mass is 16.2. The third kappa shape index (κ3) is 5.01. The van der Waals surface area contributed by atoms with Gasteiger partial charge >= 0.3 is 0 Å². The largest absolute Gasteiger partial charge is 0.325 e. The zero-order valence-corrected chi connectivity index (χ0v) is 13.3. The normalized spacial score (nSPS) is 12.0. The van der Waals surface area contributed by atoms with Gasteiger partial charge in [0.15, 0.2) is 0 Å². The number of aryl methyl sites for hydroxylation is 3. The first-order valence-corrected chi connectivity index (χ1v) is 7.73. The standard InChI is InChI=1S/C19H24N2O/c1-14-11-15(2)13-16(12-14)7-6-10-18(20)19(22)21-17-8-4-3-5-9-17/h3-5,8-9,11-13,18H,6-7,10,20H2,1-2H3,(H,21,22)/t18-/m0/s1. The van der Waals surface area contributed by atoms with Crippen LogP contribution in [0.25, 0.3) is 0 Å². The van der Waals surface area contributed by atoms with Crippen LogP contribution in [-0.2, 0) is 11.2 Å². The van der Waals surface area contributed by atoms with E-state index in [0.717, 1.165) is 18.5 Å². The zero-order valence-electron chi connectivity index (χ0n) is 13.3. The molecule has 0 bridgehead atoms. The second kappa shape index (κ2) is 7.76. The van der Waals surface area contributed by atoms with E-state index in [-0.39, 0.29) is 5.91 Å². The average Bonchev–Trinajstić information content (AvgIpc) is 2.47. The Morgan fingerprint density at radius 1 is 1.09 bits per heavy atom. The summed E-state index contributed by atoms with van der Waals surface area (Å²) in [6.45, 7) is 4.21. The van der Waals surface area contributed by atoms with Gasteiger partial charge in [-0.15, -0.1) is 0 Å². The lowest BCUT2D eigenvalue weighted by Gasteiger charge is -2.12. The van der Waals surface area contributed by atoms with Crippen molar-refractivity contribution in [2.45, 2.75) is 39.2 Å². The van der Waals surface area contributed by atoms with Crippen molar-refractivity contribution in [3.05, 3.63) is 65.2 Å². The molecular weight excluding hydrogens is 272 g/mol. The number of carbonyl (C=O) groups excluding carboxylic acids is 1. The van der Waals surface area contributed by atoms with Crippen LogP contribution in [0.5, 0.6) is 0 Å². The Morgan fingerprint density at radius 2 is 1.73 bits per heavy atom. The molecule has 2 aromatic rings. The number of anilines is 1. The second-order valence-electron chi connectivity index (χ2n) is 5.85. The summed E-state index contributed by atoms with van der Waals surface area (Å²) in [5.74, 6) is -0.119. The van der Waals surface area contributed by atoms with Gasteiger partial charge in [0.1, 0.15) is 0 Å². The van der Waals surface area contributed by atoms with Gasteiger partial charge in [-0.3, -0.25) is 4.79 Å². The van der Waals surface area contributed by atoms with E-state index >= 15 is 0 Å². The van der Waals surface area contributed by atoms with Crippen LogP contribution in [0, 0.1) is 13.8 Å². The van der Waals surface area contributed by atoms with E-state index in [0.29, 0.717) is 6.42 Å². The molecule has 0 aliphatic carbocycles. The number of nitrogens with one attached hydrogen (secondary N) is 1. The fraction of sp³-hybridized carbons (Fsp3) is 0.316. The fourth-order valence-electron chi connectivity index (χ4n) is 2.63. The van der Waals surface area contributed by atoms with Gasteiger partial charge in [-0.25, -0.2) is 0 Å². The molecule has 22 heavy (non-hydrogen) atoms. The van der Waals surface area contributed by atoms with Gasteiger partial charge in [-0.2, -0.15) is 0 Å². The van der Waals surface area contributed by atoms with Crippen LogP contribution in [0.2, 0.25) is 0 Å². The lowest BCUT2D eigenvalue weighted by molar-refractivity contribution is -0.117. The van der Waals surface area contributed by atoms with E-state index in [1.807, 2.05) is 30.3 Å². The molecule has 0 saturated heterocycles. The number of rotatable bonds is 6. The first-order chi connectivity index (χ1) is 10.5. The highest BCUT2D eigenvalue weighted by Crippen LogP contribution is 2.13. The van der Waals surface area contributed by atoms with Gasteiger partial charge in [0, 0.05) is 5.69 Å². The molecule has 0 aliphatic heterocycles. The quantitative estimate of drug-likeness (QED) is 0.856. The fourth-order valence-corrected chi connectivity index (χ4v) is 2.63. The summed E-state index contributed by atoms with van der Waals surface area (Å²) in [5, 5.41) is 2.84. The minimum Gasteiger partial charge on any atom is -0.325 e. The molecule has 1 atom stereocenters. The Bertz CT molecular complexity index is 602. The van der Waals surface area contributed by atoms with Crippen molar-refractivity contribution < 1.29 is 4.79 Å². The molecule has 2 aromatic carbocycles. The molecule has 0 unspecified atom stereocenters. The molecule has 2 rings (SSSR count). The molecule has 0 aromatic heterocycles. The molecule has 0 fully saturated rings. The lowest BCUT2D eigenvalue weighted by Crippen LogP contribution is -2.35. The number of amides is 1. The highest BCUT2D eigenvalue weighted by molar-refractivity contribution is 5.94. The maximum Gasteiger partial charge on any atom is 0.241 e. The zero-order chi connectivity index (χ0) is 15.9. The Morgan fingerprint density at radius 3 is 2.36 bits per heavy atom. The smallest absolute Gasteiger partial charge is 0.241 e. The molecule has 3 N–H and O–H groups in total. The highest BCUT2D eigenvalue weighted by Gasteiger charge is 2.13. The molecule has 1 amide bonds. The first kappa shape index (κ1) is 16.2. The summed E-state index contributed by atoms with van der Waals surface area (Å²) >= 11 is 0. The van der Waals surface area contributed by atoms with Crippen molar-refractivity contribution in [2.24, 2.45) is 5.73 Å². The predicted molar refractivity (Wildman–Crippen MR) is 91.9 cm³/mol. The van der Waals surface area contributed by atoms with Gasteiger partial charge in [0.05, 0.1) is 6.04 Å². The summed E-state index contributed by atoms with van der Waals surface area (Å²) in [5.41, 5.74) is 10.6. The van der Waals surface area contributed by atoms with Crippen LogP contribution in [0.3, 0.4) is 0 Å². The average molecular weight is 296 g/mol. The molecule has 0 aliphatic rings. The van der Waals surface area contributed by atoms with Crippen LogP contribution < -0.4 is 11.1 Å². The molecule has 3 nitrogen and oxygen atoms in total. The van der Waals surface area contributed by atoms with Gasteiger partial charge in [0.2, 0.25) is 5.91 Å². The van der Waals surface area contributed by atoms with E-state index in [1.165, 1.54) is 16.7 Å². The summed E-state index contributed by atoms with van der Waals surface area (Å²) in [6.07, 6.45) is 2.55. The number of nitrogens with two attached hydrogens (primary N) is 1. The number of para-hydroxylation sites is 1. The van der Waals surface area contributed by atoms with E-state index < -0.39 is 6.04 Å². The Balaban J connectivity index is 1.79. The number of benzene rings is 2. The molecule has 3 heteroatoms. The summed E-state index contributed by atoms with van der Waals surface area (Å²) in [6, 6.07) is 15.5. The number of hydrogen-bond donors (Lipinski definition) is 2. The maximum absolute atomic E-state index is 12.0. The van der Waals surface area contributed by atoms with Gasteiger partial charge in [0.25, 0.3) is 0 Å². The predicted octanol–water partition coefficient (Wildman–Crippen LogP) is 3.59. The summed E-state index contributed by atoms with van der Waals surface area (Å²) < 4.78 is 0. The van der Waals surface area contributed by atoms with Crippen molar-refractivity contribution in [2.75, 3.05) is 5.32 Å². The Labute approximate surface area is 132 Å². The van der Waals surface area contributed by atoms with E-state index in [4.69, 9.17) is 5.73 Å². The van der Waals surface area contributed by atoms with Crippen molar-refractivity contribution >= 4 is 11.6 Å². The summed E-state index contributed by atoms with van der Waals surface area (Å²) in [4.78, 5) is 12.0. The van der Waals surface area contributed by atoms with E-state index in [1.54, 1.807) is 0 Å². The monoisotopic (exact) mass is 296 g/mol. The van der Waals surface area contributed by atoms with Crippen molar-refractivity contribution in [3.8, 4) is 0 Å². The number of carbonyl (C=O) groups is 1. The summed E-state index contributed by atoms with van der Waals surface area (Å²) in [7, 11) is 0. The van der Waals surface area contributed by atoms with Crippen LogP contribution in [-0.4, -0.2) is 11.9 Å². The first-order valence-electron chi connectivity index (χ1n) is 7.73. The molecule has 0 saturated carbocycles. The van der Waals surface area contributed by atoms with Gasteiger partial charge in [-0.1, -0.05) is 47.5 Å². The van der Waals surface area contributed by atoms with Gasteiger partial charge in [-0.05, 0) is 50.8 Å². The van der Waals surface area contributed by atoms with Crippen molar-refractivity contribution in [1.29, 1.82) is 0 Å². The molecule has 0 radical (unpaired) electrons. The van der Waals surface area contributed by atoms with E-state index in [9.17, 15) is 4.79 Å². The van der Waals surface area contributed by atoms with E-state index in [2.05, 4.69) is 37.4 Å². The second-order valence-corrected chi connectivity index (χ2v) is 5.85. The van der Waals surface area contributed by atoms with Crippen molar-refractivity contribution in [3.63, 3.8) is 0 Å². The lowest BCUT2D eigenvalue weighted by atomic mass is 10.0. The third-order valence-corrected chi connectivity index (χ3v) is 3.64. The minimum atomic E-state index is -0.467. The van der Waals surface area contributed by atoms with Crippen LogP contribution in [0.1, 0.15) is 29.5 Å². The van der Waals surface area contributed by atoms with Crippen LogP contribution in [0.15, 0.2) is 48.5 Å². The topological polar surface area (TPSA) is 55.1 Å². The molecule has 0 heterocycles. The van der Waals surface area contributed by atoms with Crippen molar-refractivity contribution in [1.82, 2.24) is 0 Å². The van der Waals surface area contributed by atoms with Crippen LogP contribution >= 0.6 is 0 Å². The molecular formula is C19H24N2O.